The van der Waals surface area contributed by atoms with Gasteiger partial charge in [-0.3, -0.25) is 19.7 Å². The van der Waals surface area contributed by atoms with Crippen LogP contribution in [0.4, 0.5) is 10.2 Å². The number of fused-ring (bicyclic) bond motifs is 1. The Kier molecular flexibility index (Phi) is 7.40. The Morgan fingerprint density at radius 3 is 2.68 bits per heavy atom. The fourth-order valence-electron chi connectivity index (χ4n) is 4.54. The summed E-state index contributed by atoms with van der Waals surface area (Å²) in [6, 6.07) is 4.24. The van der Waals surface area contributed by atoms with Crippen molar-refractivity contribution in [3.8, 4) is 11.4 Å². The molecule has 37 heavy (non-hydrogen) atoms. The maximum atomic E-state index is 13.0. The van der Waals surface area contributed by atoms with Crippen LogP contribution < -0.4 is 5.32 Å². The lowest BCUT2D eigenvalue weighted by molar-refractivity contribution is 0.0987. The number of aromatic nitrogens is 7. The molecule has 0 radical (unpaired) electrons. The number of pyridine rings is 2. The van der Waals surface area contributed by atoms with Gasteiger partial charge in [-0.1, -0.05) is 5.21 Å². The van der Waals surface area contributed by atoms with Crippen molar-refractivity contribution in [1.82, 2.24) is 39.8 Å². The Morgan fingerprint density at radius 1 is 1.08 bits per heavy atom. The molecule has 0 saturated carbocycles. The van der Waals surface area contributed by atoms with Gasteiger partial charge in [0.25, 0.3) is 0 Å². The van der Waals surface area contributed by atoms with Crippen LogP contribution in [0.15, 0.2) is 43.1 Å². The van der Waals surface area contributed by atoms with Gasteiger partial charge in [-0.05, 0) is 44.2 Å². The molecule has 1 aliphatic heterocycles. The molecule has 11 heteroatoms. The van der Waals surface area contributed by atoms with Gasteiger partial charge in [0.15, 0.2) is 5.78 Å². The molecule has 0 atom stereocenters. The minimum atomic E-state index is -0.329. The average Bonchev–Trinajstić information content (AvgIpc) is 3.39. The summed E-state index contributed by atoms with van der Waals surface area (Å²) in [6.45, 7) is 5.86. The van der Waals surface area contributed by atoms with Crippen LogP contribution in [-0.2, 0) is 6.42 Å². The van der Waals surface area contributed by atoms with E-state index in [0.717, 1.165) is 36.7 Å². The number of Topliss-reactive ketones (excluding diaryl/α,β-unsaturated/α-hetero) is 1. The van der Waals surface area contributed by atoms with Gasteiger partial charge >= 0.3 is 0 Å². The Labute approximate surface area is 214 Å². The lowest BCUT2D eigenvalue weighted by Gasteiger charge is -2.30. The molecule has 0 amide bonds. The number of hydrogen-bond acceptors (Lipinski definition) is 9. The van der Waals surface area contributed by atoms with E-state index in [4.69, 9.17) is 0 Å². The summed E-state index contributed by atoms with van der Waals surface area (Å²) < 4.78 is 14.4. The SMILES string of the molecule is CC(C)Nc1cncc(-c2cc3cc(CC(=O)c4cn(C5CCN(CCF)CC5)nn4)ncc3cn2)n1. The normalized spacial score (nSPS) is 14.9. The van der Waals surface area contributed by atoms with E-state index in [2.05, 4.69) is 40.5 Å². The lowest BCUT2D eigenvalue weighted by atomic mass is 10.1. The molecule has 192 valence electrons. The Hall–Kier alpha value is -3.86. The molecule has 5 heterocycles. The van der Waals surface area contributed by atoms with E-state index in [0.29, 0.717) is 35.1 Å². The maximum absolute atomic E-state index is 13.0. The number of likely N-dealkylation sites (tertiary alicyclic amines) is 1. The largest absolute Gasteiger partial charge is 0.367 e. The second-order valence-corrected chi connectivity index (χ2v) is 9.63. The summed E-state index contributed by atoms with van der Waals surface area (Å²) in [6.07, 6.45) is 10.4. The molecule has 10 nitrogen and oxygen atoms in total. The summed E-state index contributed by atoms with van der Waals surface area (Å²) in [5.41, 5.74) is 2.32. The first-order chi connectivity index (χ1) is 18.0. The molecule has 0 aliphatic carbocycles. The third kappa shape index (κ3) is 5.93. The van der Waals surface area contributed by atoms with Crippen LogP contribution >= 0.6 is 0 Å². The number of carbonyl (C=O) groups is 1. The number of halogens is 1. The minimum Gasteiger partial charge on any atom is -0.367 e. The van der Waals surface area contributed by atoms with Gasteiger partial charge in [0.2, 0.25) is 0 Å². The number of piperidine rings is 1. The molecule has 1 fully saturated rings. The highest BCUT2D eigenvalue weighted by atomic mass is 19.1. The molecule has 5 rings (SSSR count). The third-order valence-electron chi connectivity index (χ3n) is 6.46. The van der Waals surface area contributed by atoms with Crippen LogP contribution in [0, 0.1) is 0 Å². The third-order valence-corrected chi connectivity index (χ3v) is 6.46. The number of carbonyl (C=O) groups excluding carboxylic acids is 1. The van der Waals surface area contributed by atoms with E-state index in [-0.39, 0.29) is 31.0 Å². The molecule has 0 spiro atoms. The van der Waals surface area contributed by atoms with Gasteiger partial charge in [-0.2, -0.15) is 0 Å². The van der Waals surface area contributed by atoms with Crippen molar-refractivity contribution in [2.45, 2.75) is 45.2 Å². The predicted octanol–water partition coefficient (Wildman–Crippen LogP) is 3.53. The van der Waals surface area contributed by atoms with Gasteiger partial charge in [-0.25, -0.2) is 14.1 Å². The molecule has 4 aromatic heterocycles. The van der Waals surface area contributed by atoms with Gasteiger partial charge in [0.05, 0.1) is 36.7 Å². The first-order valence-corrected chi connectivity index (χ1v) is 12.6. The van der Waals surface area contributed by atoms with Crippen LogP contribution in [0.1, 0.15) is 48.9 Å². The molecule has 0 aromatic carbocycles. The summed E-state index contributed by atoms with van der Waals surface area (Å²) in [5, 5.41) is 13.4. The van der Waals surface area contributed by atoms with Gasteiger partial charge in [0.1, 0.15) is 23.9 Å². The van der Waals surface area contributed by atoms with Crippen LogP contribution in [0.25, 0.3) is 22.2 Å². The van der Waals surface area contributed by atoms with Crippen molar-refractivity contribution < 1.29 is 9.18 Å². The van der Waals surface area contributed by atoms with Crippen molar-refractivity contribution in [3.63, 3.8) is 0 Å². The quantitative estimate of drug-likeness (QED) is 0.343. The zero-order valence-corrected chi connectivity index (χ0v) is 21.0. The maximum Gasteiger partial charge on any atom is 0.190 e. The molecule has 4 aromatic rings. The zero-order chi connectivity index (χ0) is 25.8. The molecule has 1 saturated heterocycles. The van der Waals surface area contributed by atoms with E-state index < -0.39 is 0 Å². The number of hydrogen-bond donors (Lipinski definition) is 1. The summed E-state index contributed by atoms with van der Waals surface area (Å²) in [5.74, 6) is 0.550. The second-order valence-electron chi connectivity index (χ2n) is 9.63. The Balaban J connectivity index is 1.28. The van der Waals surface area contributed by atoms with Crippen LogP contribution in [0.3, 0.4) is 0 Å². The average molecular weight is 504 g/mol. The fourth-order valence-corrected chi connectivity index (χ4v) is 4.54. The second kappa shape index (κ2) is 11.0. The number of alkyl halides is 1. The van der Waals surface area contributed by atoms with Gasteiger partial charge in [-0.15, -0.1) is 5.10 Å². The molecule has 0 unspecified atom stereocenters. The molecular weight excluding hydrogens is 473 g/mol. The Bertz CT molecular complexity index is 1380. The van der Waals surface area contributed by atoms with E-state index in [1.54, 1.807) is 35.7 Å². The smallest absolute Gasteiger partial charge is 0.190 e. The zero-order valence-electron chi connectivity index (χ0n) is 21.0. The number of ketones is 1. The van der Waals surface area contributed by atoms with E-state index >= 15 is 0 Å². The minimum absolute atomic E-state index is 0.120. The van der Waals surface area contributed by atoms with Crippen molar-refractivity contribution in [2.24, 2.45) is 0 Å². The predicted molar refractivity (Wildman–Crippen MR) is 138 cm³/mol. The number of nitrogens with zero attached hydrogens (tertiary/aromatic N) is 8. The van der Waals surface area contributed by atoms with E-state index in [1.165, 1.54) is 0 Å². The van der Waals surface area contributed by atoms with Crippen LogP contribution in [0.5, 0.6) is 0 Å². The van der Waals surface area contributed by atoms with Gasteiger partial charge in [0, 0.05) is 49.1 Å². The van der Waals surface area contributed by atoms with Crippen molar-refractivity contribution in [3.05, 3.63) is 54.5 Å². The standard InChI is InChI=1S/C26H30FN9O/c1-17(2)31-26-15-28-14-23(32-26)22-10-18-9-20(29-12-19(18)13-30-22)11-25(37)24-16-36(34-33-24)21-3-6-35(7-4-21)8-5-27/h9-10,12-17,21H,3-8,11H2,1-2H3,(H,31,32). The summed E-state index contributed by atoms with van der Waals surface area (Å²) in [4.78, 5) is 32.9. The van der Waals surface area contributed by atoms with E-state index in [9.17, 15) is 9.18 Å². The highest BCUT2D eigenvalue weighted by Crippen LogP contribution is 2.23. The Morgan fingerprint density at radius 2 is 1.89 bits per heavy atom. The van der Waals surface area contributed by atoms with Crippen molar-refractivity contribution in [1.29, 1.82) is 0 Å². The van der Waals surface area contributed by atoms with E-state index in [1.807, 2.05) is 26.0 Å². The van der Waals surface area contributed by atoms with Crippen LogP contribution in [-0.4, -0.2) is 78.0 Å². The van der Waals surface area contributed by atoms with Crippen molar-refractivity contribution in [2.75, 3.05) is 31.6 Å². The van der Waals surface area contributed by atoms with Gasteiger partial charge < -0.3 is 10.2 Å². The molecule has 1 aliphatic rings. The number of nitrogens with one attached hydrogen (secondary N) is 1. The number of anilines is 1. The highest BCUT2D eigenvalue weighted by Gasteiger charge is 2.22. The molecule has 0 bridgehead atoms. The monoisotopic (exact) mass is 503 g/mol. The summed E-state index contributed by atoms with van der Waals surface area (Å²) in [7, 11) is 0. The number of rotatable bonds is 9. The fraction of sp³-hybridized carbons (Fsp3) is 0.423. The van der Waals surface area contributed by atoms with Crippen molar-refractivity contribution >= 4 is 22.4 Å². The first kappa shape index (κ1) is 24.8. The molecular formula is C26H30FN9O. The first-order valence-electron chi connectivity index (χ1n) is 12.6. The highest BCUT2D eigenvalue weighted by molar-refractivity contribution is 5.95. The topological polar surface area (TPSA) is 115 Å². The molecule has 1 N–H and O–H groups in total. The summed E-state index contributed by atoms with van der Waals surface area (Å²) >= 11 is 0. The van der Waals surface area contributed by atoms with Crippen LogP contribution in [0.2, 0.25) is 0 Å². The lowest BCUT2D eigenvalue weighted by Crippen LogP contribution is -2.36.